The Morgan fingerprint density at radius 1 is 1.16 bits per heavy atom. The predicted octanol–water partition coefficient (Wildman–Crippen LogP) is 2.82. The summed E-state index contributed by atoms with van der Waals surface area (Å²) in [6, 6.07) is 0.0302. The molecular formula is C15H24N2O2. The molecule has 1 aliphatic heterocycles. The Morgan fingerprint density at radius 2 is 1.79 bits per heavy atom. The Kier molecular flexibility index (Phi) is 3.27. The number of urea groups is 1. The van der Waals surface area contributed by atoms with Gasteiger partial charge in [-0.3, -0.25) is 9.69 Å². The normalized spacial score (nSPS) is 36.3. The largest absolute Gasteiger partial charge is 0.325 e. The monoisotopic (exact) mass is 264 g/mol. The SMILES string of the molecule is CCC1CCC2(CC1)NC(=O)N(C1CCCC1)C2=O. The first kappa shape index (κ1) is 12.9. The summed E-state index contributed by atoms with van der Waals surface area (Å²) in [5.74, 6) is 0.801. The van der Waals surface area contributed by atoms with E-state index in [1.807, 2.05) is 0 Å². The van der Waals surface area contributed by atoms with E-state index >= 15 is 0 Å². The molecule has 0 bridgehead atoms. The van der Waals surface area contributed by atoms with Crippen LogP contribution in [0.1, 0.15) is 64.7 Å². The van der Waals surface area contributed by atoms with Gasteiger partial charge in [0.15, 0.2) is 0 Å². The number of rotatable bonds is 2. The summed E-state index contributed by atoms with van der Waals surface area (Å²) in [6.07, 6.45) is 9.27. The molecule has 0 radical (unpaired) electrons. The van der Waals surface area contributed by atoms with Gasteiger partial charge in [-0.15, -0.1) is 0 Å². The average Bonchev–Trinajstić information content (AvgIpc) is 3.00. The minimum atomic E-state index is -0.550. The smallest absolute Gasteiger partial charge is 0.323 e. The summed E-state index contributed by atoms with van der Waals surface area (Å²) in [4.78, 5) is 26.5. The van der Waals surface area contributed by atoms with Gasteiger partial charge in [0.25, 0.3) is 5.91 Å². The van der Waals surface area contributed by atoms with E-state index in [4.69, 9.17) is 0 Å². The minimum Gasteiger partial charge on any atom is -0.323 e. The Morgan fingerprint density at radius 3 is 2.37 bits per heavy atom. The van der Waals surface area contributed by atoms with Crippen molar-refractivity contribution in [1.29, 1.82) is 0 Å². The quantitative estimate of drug-likeness (QED) is 0.780. The highest BCUT2D eigenvalue weighted by molar-refractivity contribution is 6.07. The zero-order valence-corrected chi connectivity index (χ0v) is 11.8. The van der Waals surface area contributed by atoms with Gasteiger partial charge < -0.3 is 5.32 Å². The number of nitrogens with one attached hydrogen (secondary N) is 1. The van der Waals surface area contributed by atoms with Crippen LogP contribution in [0.25, 0.3) is 0 Å². The molecule has 1 N–H and O–H groups in total. The molecular weight excluding hydrogens is 240 g/mol. The molecule has 1 spiro atoms. The molecule has 1 saturated heterocycles. The molecule has 2 aliphatic carbocycles. The molecule has 1 heterocycles. The molecule has 4 heteroatoms. The maximum atomic E-state index is 12.7. The molecule has 2 saturated carbocycles. The lowest BCUT2D eigenvalue weighted by Gasteiger charge is -2.35. The van der Waals surface area contributed by atoms with Crippen LogP contribution >= 0.6 is 0 Å². The second-order valence-corrected chi connectivity index (χ2v) is 6.48. The van der Waals surface area contributed by atoms with Crippen molar-refractivity contribution in [2.75, 3.05) is 0 Å². The van der Waals surface area contributed by atoms with Crippen LogP contribution in [0, 0.1) is 5.92 Å². The van der Waals surface area contributed by atoms with Gasteiger partial charge in [-0.25, -0.2) is 4.79 Å². The summed E-state index contributed by atoms with van der Waals surface area (Å²) in [5, 5.41) is 3.03. The predicted molar refractivity (Wildman–Crippen MR) is 72.6 cm³/mol. The van der Waals surface area contributed by atoms with Crippen LogP contribution in [0.2, 0.25) is 0 Å². The molecule has 0 aromatic rings. The highest BCUT2D eigenvalue weighted by Gasteiger charge is 2.54. The molecule has 0 aromatic carbocycles. The molecule has 0 unspecified atom stereocenters. The van der Waals surface area contributed by atoms with E-state index in [1.165, 1.54) is 6.42 Å². The first-order valence-electron chi connectivity index (χ1n) is 7.82. The number of hydrogen-bond donors (Lipinski definition) is 1. The van der Waals surface area contributed by atoms with Crippen LogP contribution in [0.3, 0.4) is 0 Å². The molecule has 0 atom stereocenters. The second-order valence-electron chi connectivity index (χ2n) is 6.48. The number of imide groups is 1. The Balaban J connectivity index is 1.75. The highest BCUT2D eigenvalue weighted by Crippen LogP contribution is 2.39. The summed E-state index contributed by atoms with van der Waals surface area (Å²) >= 11 is 0. The number of nitrogens with zero attached hydrogens (tertiary/aromatic N) is 1. The highest BCUT2D eigenvalue weighted by atomic mass is 16.2. The third-order valence-electron chi connectivity index (χ3n) is 5.42. The second kappa shape index (κ2) is 4.80. The van der Waals surface area contributed by atoms with E-state index in [0.29, 0.717) is 0 Å². The zero-order chi connectivity index (χ0) is 13.5. The number of hydrogen-bond acceptors (Lipinski definition) is 2. The summed E-state index contributed by atoms with van der Waals surface area (Å²) < 4.78 is 0. The standard InChI is InChI=1S/C15H24N2O2/c1-2-11-7-9-15(10-8-11)13(18)17(14(19)16-15)12-5-3-4-6-12/h11-12H,2-10H2,1H3,(H,16,19). The van der Waals surface area contributed by atoms with Gasteiger partial charge in [0, 0.05) is 6.04 Å². The lowest BCUT2D eigenvalue weighted by molar-refractivity contribution is -0.134. The molecule has 4 nitrogen and oxygen atoms in total. The molecule has 3 fully saturated rings. The summed E-state index contributed by atoms with van der Waals surface area (Å²) in [7, 11) is 0. The molecule has 3 amide bonds. The summed E-state index contributed by atoms with van der Waals surface area (Å²) in [6.45, 7) is 2.21. The number of carbonyl (C=O) groups is 2. The third-order valence-corrected chi connectivity index (χ3v) is 5.42. The van der Waals surface area contributed by atoms with E-state index in [0.717, 1.165) is 57.3 Å². The van der Waals surface area contributed by atoms with E-state index in [1.54, 1.807) is 4.90 Å². The Hall–Kier alpha value is -1.06. The van der Waals surface area contributed by atoms with Gasteiger partial charge in [-0.2, -0.15) is 0 Å². The zero-order valence-electron chi connectivity index (χ0n) is 11.8. The van der Waals surface area contributed by atoms with Crippen molar-refractivity contribution in [3.63, 3.8) is 0 Å². The first-order valence-corrected chi connectivity index (χ1v) is 7.82. The molecule has 19 heavy (non-hydrogen) atoms. The fourth-order valence-corrected chi connectivity index (χ4v) is 4.05. The Labute approximate surface area is 114 Å². The number of carbonyl (C=O) groups excluding carboxylic acids is 2. The van der Waals surface area contributed by atoms with Crippen molar-refractivity contribution in [3.8, 4) is 0 Å². The maximum Gasteiger partial charge on any atom is 0.325 e. The van der Waals surface area contributed by atoms with Crippen LogP contribution in [0.4, 0.5) is 4.79 Å². The van der Waals surface area contributed by atoms with Crippen molar-refractivity contribution in [2.45, 2.75) is 76.3 Å². The van der Waals surface area contributed by atoms with E-state index in [2.05, 4.69) is 12.2 Å². The fourth-order valence-electron chi connectivity index (χ4n) is 4.05. The van der Waals surface area contributed by atoms with Gasteiger partial charge in [0.2, 0.25) is 0 Å². The van der Waals surface area contributed by atoms with Crippen molar-refractivity contribution >= 4 is 11.9 Å². The van der Waals surface area contributed by atoms with Crippen LogP contribution in [-0.4, -0.2) is 28.4 Å². The van der Waals surface area contributed by atoms with Crippen LogP contribution in [0.5, 0.6) is 0 Å². The van der Waals surface area contributed by atoms with Crippen molar-refractivity contribution < 1.29 is 9.59 Å². The maximum absolute atomic E-state index is 12.7. The third kappa shape index (κ3) is 2.05. The van der Waals surface area contributed by atoms with Gasteiger partial charge in [0.1, 0.15) is 5.54 Å². The van der Waals surface area contributed by atoms with Gasteiger partial charge in [-0.1, -0.05) is 26.2 Å². The Bertz CT molecular complexity index is 380. The van der Waals surface area contributed by atoms with Gasteiger partial charge in [0.05, 0.1) is 0 Å². The lowest BCUT2D eigenvalue weighted by atomic mass is 9.75. The van der Waals surface area contributed by atoms with Crippen LogP contribution < -0.4 is 5.32 Å². The number of amides is 3. The lowest BCUT2D eigenvalue weighted by Crippen LogP contribution is -2.50. The van der Waals surface area contributed by atoms with E-state index in [-0.39, 0.29) is 18.0 Å². The molecule has 106 valence electrons. The van der Waals surface area contributed by atoms with Gasteiger partial charge >= 0.3 is 6.03 Å². The van der Waals surface area contributed by atoms with Crippen LogP contribution in [0.15, 0.2) is 0 Å². The van der Waals surface area contributed by atoms with Crippen molar-refractivity contribution in [2.24, 2.45) is 5.92 Å². The van der Waals surface area contributed by atoms with Gasteiger partial charge in [-0.05, 0) is 44.4 Å². The first-order chi connectivity index (χ1) is 9.16. The van der Waals surface area contributed by atoms with E-state index < -0.39 is 5.54 Å². The van der Waals surface area contributed by atoms with Crippen molar-refractivity contribution in [3.05, 3.63) is 0 Å². The summed E-state index contributed by atoms with van der Waals surface area (Å²) in [5.41, 5.74) is -0.550. The van der Waals surface area contributed by atoms with E-state index in [9.17, 15) is 9.59 Å². The molecule has 0 aromatic heterocycles. The van der Waals surface area contributed by atoms with Crippen LogP contribution in [-0.2, 0) is 4.79 Å². The van der Waals surface area contributed by atoms with Crippen molar-refractivity contribution in [1.82, 2.24) is 10.2 Å². The fraction of sp³-hybridized carbons (Fsp3) is 0.867. The average molecular weight is 264 g/mol. The molecule has 3 rings (SSSR count). The minimum absolute atomic E-state index is 0.0685. The molecule has 3 aliphatic rings. The topological polar surface area (TPSA) is 49.4 Å².